The first-order valence-electron chi connectivity index (χ1n) is 6.12. The first kappa shape index (κ1) is 14.3. The molecule has 0 aliphatic carbocycles. The fraction of sp³-hybridized carbons (Fsp3) is 0.308. The smallest absolute Gasteiger partial charge is 0.323 e. The topological polar surface area (TPSA) is 79.5 Å². The molecule has 1 aromatic carbocycles. The van der Waals surface area contributed by atoms with Gasteiger partial charge in [0.1, 0.15) is 6.54 Å². The Hall–Kier alpha value is -2.08. The Labute approximate surface area is 121 Å². The second kappa shape index (κ2) is 6.38. The summed E-state index contributed by atoms with van der Waals surface area (Å²) < 4.78 is 5.09. The van der Waals surface area contributed by atoms with Gasteiger partial charge in [-0.3, -0.25) is 4.79 Å². The van der Waals surface area contributed by atoms with E-state index in [-0.39, 0.29) is 13.1 Å². The van der Waals surface area contributed by atoms with E-state index >= 15 is 0 Å². The van der Waals surface area contributed by atoms with Gasteiger partial charge in [0.05, 0.1) is 6.54 Å². The van der Waals surface area contributed by atoms with Crippen molar-refractivity contribution in [1.29, 1.82) is 0 Å². The lowest BCUT2D eigenvalue weighted by molar-refractivity contribution is -0.135. The van der Waals surface area contributed by atoms with Crippen molar-refractivity contribution in [3.63, 3.8) is 0 Å². The molecular formula is C13H14ClN3O3. The highest BCUT2D eigenvalue weighted by Gasteiger charge is 2.15. The van der Waals surface area contributed by atoms with Gasteiger partial charge in [0.25, 0.3) is 0 Å². The molecule has 0 atom stereocenters. The van der Waals surface area contributed by atoms with Crippen molar-refractivity contribution in [3.05, 3.63) is 41.0 Å². The summed E-state index contributed by atoms with van der Waals surface area (Å²) in [5, 5.41) is 13.3. The Morgan fingerprint density at radius 1 is 1.50 bits per heavy atom. The van der Waals surface area contributed by atoms with E-state index in [0.29, 0.717) is 28.8 Å². The Balaban J connectivity index is 2.21. The van der Waals surface area contributed by atoms with E-state index in [4.69, 9.17) is 21.2 Å². The Morgan fingerprint density at radius 2 is 2.30 bits per heavy atom. The zero-order valence-electron chi connectivity index (χ0n) is 10.9. The van der Waals surface area contributed by atoms with Crippen molar-refractivity contribution >= 4 is 23.3 Å². The molecule has 0 fully saturated rings. The van der Waals surface area contributed by atoms with Crippen LogP contribution in [0.15, 0.2) is 28.8 Å². The highest BCUT2D eigenvalue weighted by atomic mass is 35.5. The standard InChI is InChI=1S/C13H14ClN3O3/c1-2-11-15-12(20-16-11)7-17(8-13(18)19)10-5-3-4-9(14)6-10/h3-6H,2,7-8H2,1H3,(H,18,19). The number of hydrogen-bond donors (Lipinski definition) is 1. The van der Waals surface area contributed by atoms with Gasteiger partial charge in [0.2, 0.25) is 5.89 Å². The molecule has 0 amide bonds. The van der Waals surface area contributed by atoms with Crippen LogP contribution in [0.5, 0.6) is 0 Å². The third kappa shape index (κ3) is 3.71. The number of nitrogens with zero attached hydrogens (tertiary/aromatic N) is 3. The zero-order chi connectivity index (χ0) is 14.5. The van der Waals surface area contributed by atoms with Crippen LogP contribution in [0.3, 0.4) is 0 Å². The number of rotatable bonds is 6. The van der Waals surface area contributed by atoms with E-state index in [2.05, 4.69) is 10.1 Å². The maximum atomic E-state index is 11.0. The highest BCUT2D eigenvalue weighted by Crippen LogP contribution is 2.21. The van der Waals surface area contributed by atoms with Crippen LogP contribution in [-0.4, -0.2) is 27.8 Å². The minimum absolute atomic E-state index is 0.176. The van der Waals surface area contributed by atoms with Crippen molar-refractivity contribution in [2.24, 2.45) is 0 Å². The normalized spacial score (nSPS) is 10.5. The molecule has 0 radical (unpaired) electrons. The quantitative estimate of drug-likeness (QED) is 0.881. The van der Waals surface area contributed by atoms with Gasteiger partial charge >= 0.3 is 5.97 Å². The SMILES string of the molecule is CCc1noc(CN(CC(=O)O)c2cccc(Cl)c2)n1. The van der Waals surface area contributed by atoms with E-state index in [1.54, 1.807) is 29.2 Å². The molecule has 2 rings (SSSR count). The van der Waals surface area contributed by atoms with Crippen LogP contribution in [0.1, 0.15) is 18.6 Å². The van der Waals surface area contributed by atoms with E-state index in [9.17, 15) is 4.79 Å². The summed E-state index contributed by atoms with van der Waals surface area (Å²) in [7, 11) is 0. The number of benzene rings is 1. The van der Waals surface area contributed by atoms with Gasteiger partial charge in [-0.1, -0.05) is 29.7 Å². The average Bonchev–Trinajstić information content (AvgIpc) is 2.85. The van der Waals surface area contributed by atoms with Gasteiger partial charge in [0.15, 0.2) is 5.82 Å². The second-order valence-corrected chi connectivity index (χ2v) is 4.62. The molecular weight excluding hydrogens is 282 g/mol. The van der Waals surface area contributed by atoms with Crippen LogP contribution in [0.4, 0.5) is 5.69 Å². The van der Waals surface area contributed by atoms with Gasteiger partial charge < -0.3 is 14.5 Å². The van der Waals surface area contributed by atoms with Crippen LogP contribution < -0.4 is 4.90 Å². The summed E-state index contributed by atoms with van der Waals surface area (Å²) in [5.41, 5.74) is 0.691. The molecule has 6 nitrogen and oxygen atoms in total. The number of halogens is 1. The molecule has 0 saturated heterocycles. The van der Waals surface area contributed by atoms with Gasteiger partial charge in [-0.2, -0.15) is 4.98 Å². The van der Waals surface area contributed by atoms with Gasteiger partial charge in [-0.15, -0.1) is 0 Å². The molecule has 0 aliphatic rings. The van der Waals surface area contributed by atoms with Crippen molar-refractivity contribution in [3.8, 4) is 0 Å². The van der Waals surface area contributed by atoms with Gasteiger partial charge in [0, 0.05) is 17.1 Å². The number of aliphatic carboxylic acids is 1. The van der Waals surface area contributed by atoms with Crippen LogP contribution in [-0.2, 0) is 17.8 Å². The summed E-state index contributed by atoms with van der Waals surface area (Å²) in [6.07, 6.45) is 0.666. The Kier molecular flexibility index (Phi) is 4.57. The molecule has 106 valence electrons. The maximum absolute atomic E-state index is 11.0. The average molecular weight is 296 g/mol. The minimum atomic E-state index is -0.944. The third-order valence-corrected chi connectivity index (χ3v) is 2.89. The predicted octanol–water partition coefficient (Wildman–Crippen LogP) is 2.38. The molecule has 1 heterocycles. The van der Waals surface area contributed by atoms with E-state index < -0.39 is 5.97 Å². The third-order valence-electron chi connectivity index (χ3n) is 2.65. The Bertz CT molecular complexity index is 600. The summed E-state index contributed by atoms with van der Waals surface area (Å²) in [6, 6.07) is 6.97. The van der Waals surface area contributed by atoms with Crippen LogP contribution in [0.25, 0.3) is 0 Å². The monoisotopic (exact) mass is 295 g/mol. The molecule has 20 heavy (non-hydrogen) atoms. The summed E-state index contributed by atoms with van der Waals surface area (Å²) >= 11 is 5.93. The molecule has 0 bridgehead atoms. The van der Waals surface area contributed by atoms with Crippen molar-refractivity contribution in [1.82, 2.24) is 10.1 Å². The predicted molar refractivity (Wildman–Crippen MR) is 73.8 cm³/mol. The lowest BCUT2D eigenvalue weighted by Gasteiger charge is -2.20. The molecule has 0 unspecified atom stereocenters. The van der Waals surface area contributed by atoms with Gasteiger partial charge in [-0.25, -0.2) is 0 Å². The fourth-order valence-corrected chi connectivity index (χ4v) is 1.92. The van der Waals surface area contributed by atoms with E-state index in [1.807, 2.05) is 6.92 Å². The van der Waals surface area contributed by atoms with E-state index in [1.165, 1.54) is 0 Å². The number of carboxylic acids is 1. The molecule has 0 aliphatic heterocycles. The molecule has 7 heteroatoms. The number of carboxylic acid groups (broad SMARTS) is 1. The second-order valence-electron chi connectivity index (χ2n) is 4.19. The number of carbonyl (C=O) groups is 1. The van der Waals surface area contributed by atoms with Crippen LogP contribution in [0, 0.1) is 0 Å². The largest absolute Gasteiger partial charge is 0.480 e. The molecule has 1 N–H and O–H groups in total. The van der Waals surface area contributed by atoms with Crippen LogP contribution >= 0.6 is 11.6 Å². The lowest BCUT2D eigenvalue weighted by Crippen LogP contribution is -2.29. The summed E-state index contributed by atoms with van der Waals surface area (Å²) in [4.78, 5) is 16.8. The number of aromatic nitrogens is 2. The molecule has 0 saturated carbocycles. The Morgan fingerprint density at radius 3 is 2.90 bits per heavy atom. The molecule has 1 aromatic heterocycles. The van der Waals surface area contributed by atoms with Crippen molar-refractivity contribution < 1.29 is 14.4 Å². The summed E-state index contributed by atoms with van der Waals surface area (Å²) in [6.45, 7) is 1.96. The zero-order valence-corrected chi connectivity index (χ0v) is 11.7. The van der Waals surface area contributed by atoms with E-state index in [0.717, 1.165) is 0 Å². The number of anilines is 1. The molecule has 0 spiro atoms. The highest BCUT2D eigenvalue weighted by molar-refractivity contribution is 6.30. The van der Waals surface area contributed by atoms with Crippen molar-refractivity contribution in [2.75, 3.05) is 11.4 Å². The maximum Gasteiger partial charge on any atom is 0.323 e. The minimum Gasteiger partial charge on any atom is -0.480 e. The number of aryl methyl sites for hydroxylation is 1. The lowest BCUT2D eigenvalue weighted by atomic mass is 10.3. The van der Waals surface area contributed by atoms with Gasteiger partial charge in [-0.05, 0) is 18.2 Å². The first-order chi connectivity index (χ1) is 9.58. The fourth-order valence-electron chi connectivity index (χ4n) is 1.74. The molecule has 2 aromatic rings. The first-order valence-corrected chi connectivity index (χ1v) is 6.50. The number of hydrogen-bond acceptors (Lipinski definition) is 5. The van der Waals surface area contributed by atoms with Crippen LogP contribution in [0.2, 0.25) is 5.02 Å². The summed E-state index contributed by atoms with van der Waals surface area (Å²) in [5.74, 6) is 0.0321. The van der Waals surface area contributed by atoms with Crippen molar-refractivity contribution in [2.45, 2.75) is 19.9 Å².